The van der Waals surface area contributed by atoms with E-state index in [0.29, 0.717) is 8.83 Å². The number of fused-ring (bicyclic) bond motifs is 1. The number of para-hydroxylation sites is 1. The highest BCUT2D eigenvalue weighted by Crippen LogP contribution is 2.31. The predicted octanol–water partition coefficient (Wildman–Crippen LogP) is 3.88. The van der Waals surface area contributed by atoms with Crippen LogP contribution in [0.25, 0.3) is 11.6 Å². The fraction of sp³-hybridized carbons (Fsp3) is 0.0625. The molecule has 116 valence electrons. The van der Waals surface area contributed by atoms with Crippen LogP contribution in [0.4, 0.5) is 5.69 Å². The Labute approximate surface area is 141 Å². The van der Waals surface area contributed by atoms with Crippen LogP contribution in [-0.4, -0.2) is 27.0 Å². The van der Waals surface area contributed by atoms with Crippen LogP contribution in [0.2, 0.25) is 0 Å². The summed E-state index contributed by atoms with van der Waals surface area (Å²) in [6, 6.07) is 7.83. The minimum atomic E-state index is -1.05. The second-order valence-electron chi connectivity index (χ2n) is 4.79. The highest BCUT2D eigenvalue weighted by atomic mass is 32.1. The first-order valence-corrected chi connectivity index (χ1v) is 7.95. The number of carboxylic acids is 1. The number of carbonyl (C=O) groups is 1. The zero-order valence-corrected chi connectivity index (χ0v) is 13.5. The van der Waals surface area contributed by atoms with Crippen LogP contribution in [0.15, 0.2) is 41.4 Å². The van der Waals surface area contributed by atoms with Crippen molar-refractivity contribution in [2.45, 2.75) is 6.54 Å². The van der Waals surface area contributed by atoms with Crippen molar-refractivity contribution < 1.29 is 15.0 Å². The van der Waals surface area contributed by atoms with Crippen molar-refractivity contribution in [1.82, 2.24) is 4.57 Å². The molecule has 0 radical (unpaired) electrons. The van der Waals surface area contributed by atoms with Crippen LogP contribution >= 0.6 is 23.6 Å². The monoisotopic (exact) mass is 344 g/mol. The summed E-state index contributed by atoms with van der Waals surface area (Å²) >= 11 is 6.24. The molecule has 0 saturated heterocycles. The summed E-state index contributed by atoms with van der Waals surface area (Å²) in [5.41, 5.74) is 2.96. The molecule has 3 rings (SSSR count). The number of hydrogen-bond acceptors (Lipinski definition) is 5. The van der Waals surface area contributed by atoms with E-state index in [-0.39, 0.29) is 12.4 Å². The molecule has 2 heterocycles. The largest absolute Gasteiger partial charge is 0.493 e. The number of carboxylic acid groups (broad SMARTS) is 1. The Morgan fingerprint density at radius 3 is 2.96 bits per heavy atom. The minimum absolute atomic E-state index is 0.127. The average molecular weight is 344 g/mol. The number of benzene rings is 1. The van der Waals surface area contributed by atoms with Crippen LogP contribution in [0.3, 0.4) is 0 Å². The Kier molecular flexibility index (Phi) is 4.22. The maximum Gasteiger partial charge on any atom is 0.323 e. The summed E-state index contributed by atoms with van der Waals surface area (Å²) in [6.07, 6.45) is 7.16. The molecule has 0 fully saturated rings. The first-order chi connectivity index (χ1) is 11.1. The lowest BCUT2D eigenvalue weighted by Crippen LogP contribution is -2.07. The molecule has 23 heavy (non-hydrogen) atoms. The van der Waals surface area contributed by atoms with Gasteiger partial charge in [-0.15, -0.1) is 11.3 Å². The first kappa shape index (κ1) is 15.4. The van der Waals surface area contributed by atoms with Crippen molar-refractivity contribution in [3.05, 3.63) is 50.8 Å². The molecule has 1 aliphatic heterocycles. The van der Waals surface area contributed by atoms with Gasteiger partial charge in [0, 0.05) is 17.4 Å². The Hall–Kier alpha value is -2.51. The zero-order chi connectivity index (χ0) is 16.4. The van der Waals surface area contributed by atoms with Gasteiger partial charge in [0.05, 0.1) is 10.6 Å². The first-order valence-electron chi connectivity index (χ1n) is 6.72. The van der Waals surface area contributed by atoms with E-state index in [1.807, 2.05) is 30.3 Å². The molecule has 0 atom stereocenters. The number of aromatic nitrogens is 1. The SMILES string of the molecule is O=C(O)Cn1c(O)c(/C=C/C=C2\C=Nc3ccccc32)sc1=S. The Balaban J connectivity index is 1.85. The van der Waals surface area contributed by atoms with E-state index in [9.17, 15) is 9.90 Å². The summed E-state index contributed by atoms with van der Waals surface area (Å²) < 4.78 is 1.52. The third-order valence-corrected chi connectivity index (χ3v) is 4.67. The van der Waals surface area contributed by atoms with Crippen LogP contribution in [-0.2, 0) is 11.3 Å². The van der Waals surface area contributed by atoms with Crippen molar-refractivity contribution in [2.24, 2.45) is 4.99 Å². The fourth-order valence-electron chi connectivity index (χ4n) is 2.21. The predicted molar refractivity (Wildman–Crippen MR) is 94.0 cm³/mol. The number of thiazole rings is 1. The van der Waals surface area contributed by atoms with Crippen LogP contribution in [0, 0.1) is 3.95 Å². The second kappa shape index (κ2) is 6.31. The lowest BCUT2D eigenvalue weighted by Gasteiger charge is -1.99. The van der Waals surface area contributed by atoms with Crippen molar-refractivity contribution in [2.75, 3.05) is 0 Å². The highest BCUT2D eigenvalue weighted by Gasteiger charge is 2.12. The number of aromatic hydroxyl groups is 1. The van der Waals surface area contributed by atoms with Gasteiger partial charge in [-0.25, -0.2) is 0 Å². The molecule has 0 spiro atoms. The van der Waals surface area contributed by atoms with E-state index in [2.05, 4.69) is 4.99 Å². The summed E-state index contributed by atoms with van der Waals surface area (Å²) in [5, 5.41) is 18.9. The van der Waals surface area contributed by atoms with Gasteiger partial charge >= 0.3 is 5.97 Å². The van der Waals surface area contributed by atoms with E-state index < -0.39 is 5.97 Å². The molecular weight excluding hydrogens is 332 g/mol. The van der Waals surface area contributed by atoms with Gasteiger partial charge in [-0.3, -0.25) is 14.4 Å². The molecule has 2 aromatic rings. The maximum atomic E-state index is 10.8. The molecule has 2 N–H and O–H groups in total. The second-order valence-corrected chi connectivity index (χ2v) is 6.47. The number of rotatable bonds is 4. The standard InChI is InChI=1S/C16H12N2O3S2/c19-14(20)9-18-15(21)13(23-16(18)22)7-3-4-10-8-17-12-6-2-1-5-11(10)12/h1-8,21H,9H2,(H,19,20)/b7-3+,10-4+. The lowest BCUT2D eigenvalue weighted by molar-refractivity contribution is -0.137. The summed E-state index contributed by atoms with van der Waals surface area (Å²) in [5.74, 6) is -1.18. The topological polar surface area (TPSA) is 74.8 Å². The van der Waals surface area contributed by atoms with E-state index in [1.54, 1.807) is 18.4 Å². The smallest absolute Gasteiger partial charge is 0.323 e. The van der Waals surface area contributed by atoms with Gasteiger partial charge < -0.3 is 10.2 Å². The third kappa shape index (κ3) is 3.15. The van der Waals surface area contributed by atoms with Gasteiger partial charge in [0.25, 0.3) is 0 Å². The number of aliphatic carboxylic acids is 1. The maximum absolute atomic E-state index is 10.8. The normalized spacial score (nSPS) is 14.7. The Morgan fingerprint density at radius 2 is 2.17 bits per heavy atom. The van der Waals surface area contributed by atoms with E-state index in [4.69, 9.17) is 17.3 Å². The van der Waals surface area contributed by atoms with E-state index in [1.165, 1.54) is 15.9 Å². The van der Waals surface area contributed by atoms with Crippen LogP contribution < -0.4 is 0 Å². The molecule has 0 saturated carbocycles. The zero-order valence-electron chi connectivity index (χ0n) is 11.8. The lowest BCUT2D eigenvalue weighted by atomic mass is 10.1. The van der Waals surface area contributed by atoms with Crippen molar-refractivity contribution in [3.63, 3.8) is 0 Å². The van der Waals surface area contributed by atoms with Gasteiger partial charge in [-0.05, 0) is 24.4 Å². The molecule has 0 aliphatic carbocycles. The van der Waals surface area contributed by atoms with E-state index in [0.717, 1.165) is 16.8 Å². The van der Waals surface area contributed by atoms with Gasteiger partial charge in [0.15, 0.2) is 3.95 Å². The van der Waals surface area contributed by atoms with Crippen molar-refractivity contribution in [3.8, 4) is 5.88 Å². The quantitative estimate of drug-likeness (QED) is 0.825. The molecule has 0 unspecified atom stereocenters. The van der Waals surface area contributed by atoms with Crippen molar-refractivity contribution >= 4 is 53.1 Å². The summed E-state index contributed by atoms with van der Waals surface area (Å²) in [4.78, 5) is 15.6. The Bertz CT molecular complexity index is 920. The van der Waals surface area contributed by atoms with Gasteiger partial charge in [0.2, 0.25) is 5.88 Å². The minimum Gasteiger partial charge on any atom is -0.493 e. The van der Waals surface area contributed by atoms with Crippen LogP contribution in [0.1, 0.15) is 10.4 Å². The molecule has 1 aromatic heterocycles. The Morgan fingerprint density at radius 1 is 1.39 bits per heavy atom. The molecule has 7 heteroatoms. The molecule has 1 aliphatic rings. The van der Waals surface area contributed by atoms with Gasteiger partial charge in [0.1, 0.15) is 6.54 Å². The molecular formula is C16H12N2O3S2. The summed E-state index contributed by atoms with van der Waals surface area (Å²) in [7, 11) is 0. The molecule has 0 bridgehead atoms. The number of aliphatic imine (C=N–C) groups is 1. The number of nitrogens with zero attached hydrogens (tertiary/aromatic N) is 2. The third-order valence-electron chi connectivity index (χ3n) is 3.27. The molecule has 1 aromatic carbocycles. The number of hydrogen-bond donors (Lipinski definition) is 2. The highest BCUT2D eigenvalue weighted by molar-refractivity contribution is 7.73. The summed E-state index contributed by atoms with van der Waals surface area (Å²) in [6.45, 7) is -0.351. The van der Waals surface area contributed by atoms with E-state index >= 15 is 0 Å². The van der Waals surface area contributed by atoms with Crippen molar-refractivity contribution in [1.29, 1.82) is 0 Å². The number of allylic oxidation sites excluding steroid dienone is 3. The average Bonchev–Trinajstić information content (AvgIpc) is 3.04. The van der Waals surface area contributed by atoms with Crippen LogP contribution in [0.5, 0.6) is 5.88 Å². The van der Waals surface area contributed by atoms with Gasteiger partial charge in [-0.2, -0.15) is 0 Å². The van der Waals surface area contributed by atoms with Gasteiger partial charge in [-0.1, -0.05) is 30.4 Å². The molecule has 0 amide bonds. The molecule has 5 nitrogen and oxygen atoms in total. The fourth-order valence-corrected chi connectivity index (χ4v) is 3.43.